The summed E-state index contributed by atoms with van der Waals surface area (Å²) in [5.41, 5.74) is 15.7. The highest BCUT2D eigenvalue weighted by Crippen LogP contribution is 2.44. The highest BCUT2D eigenvalue weighted by atomic mass is 14.3. The van der Waals surface area contributed by atoms with Crippen molar-refractivity contribution < 1.29 is 0 Å². The van der Waals surface area contributed by atoms with Gasteiger partial charge in [0.25, 0.3) is 0 Å². The Bertz CT molecular complexity index is 2880. The van der Waals surface area contributed by atoms with Crippen LogP contribution in [0.4, 0.5) is 0 Å². The Morgan fingerprint density at radius 3 is 1.80 bits per heavy atom. The van der Waals surface area contributed by atoms with Crippen LogP contribution in [0.1, 0.15) is 23.1 Å². The van der Waals surface area contributed by atoms with Crippen LogP contribution in [0.3, 0.4) is 0 Å². The quantitative estimate of drug-likeness (QED) is 0.169. The van der Waals surface area contributed by atoms with E-state index in [-0.39, 0.29) is 0 Å². The van der Waals surface area contributed by atoms with Gasteiger partial charge in [0.2, 0.25) is 0 Å². The van der Waals surface area contributed by atoms with Crippen LogP contribution in [-0.4, -0.2) is 0 Å². The standard InChI is InChI=1S/C50H32/c1-2-13-42(39-10-5-11-40(30-39)44-27-23-38-21-19-34-7-4-9-36-25-29-46(44)50(38)48(34)36)41(12-1)31-14-16-32(17-15-31)43-26-22-37-20-18-33-6-3-8-35-24-28-45(43)49(37)47(33)35/h1-6,8-20,22-30H,7,21H2. The van der Waals surface area contributed by atoms with Crippen LogP contribution in [0.5, 0.6) is 0 Å². The highest BCUT2D eigenvalue weighted by Gasteiger charge is 2.21. The van der Waals surface area contributed by atoms with E-state index in [2.05, 4.69) is 170 Å². The first-order valence-corrected chi connectivity index (χ1v) is 17.7. The summed E-state index contributed by atoms with van der Waals surface area (Å²) in [4.78, 5) is 0. The first-order valence-electron chi connectivity index (χ1n) is 17.7. The molecule has 0 aliphatic heterocycles. The number of allylic oxidation sites excluding steroid dienone is 3. The van der Waals surface area contributed by atoms with Gasteiger partial charge in [-0.15, -0.1) is 0 Å². The van der Waals surface area contributed by atoms with E-state index in [1.165, 1.54) is 110 Å². The molecular formula is C50H32. The molecule has 50 heavy (non-hydrogen) atoms. The van der Waals surface area contributed by atoms with Crippen LogP contribution >= 0.6 is 0 Å². The van der Waals surface area contributed by atoms with Crippen LogP contribution in [0.25, 0.3) is 99.2 Å². The molecule has 0 saturated carbocycles. The third-order valence-electron chi connectivity index (χ3n) is 11.3. The monoisotopic (exact) mass is 632 g/mol. The van der Waals surface area contributed by atoms with E-state index in [1.807, 2.05) is 0 Å². The summed E-state index contributed by atoms with van der Waals surface area (Å²) in [6, 6.07) is 56.8. The zero-order valence-electron chi connectivity index (χ0n) is 27.6. The van der Waals surface area contributed by atoms with Crippen molar-refractivity contribution in [2.45, 2.75) is 12.8 Å². The van der Waals surface area contributed by atoms with E-state index in [0.717, 1.165) is 12.8 Å². The minimum absolute atomic E-state index is 1.01. The van der Waals surface area contributed by atoms with Gasteiger partial charge in [0.05, 0.1) is 0 Å². The number of rotatable bonds is 4. The van der Waals surface area contributed by atoms with Gasteiger partial charge in [-0.05, 0) is 129 Å². The van der Waals surface area contributed by atoms with Gasteiger partial charge in [-0.2, -0.15) is 0 Å². The van der Waals surface area contributed by atoms with Gasteiger partial charge in [0.15, 0.2) is 0 Å². The molecule has 232 valence electrons. The molecule has 0 spiro atoms. The molecule has 11 rings (SSSR count). The van der Waals surface area contributed by atoms with E-state index in [4.69, 9.17) is 0 Å². The van der Waals surface area contributed by atoms with Crippen LogP contribution in [0.2, 0.25) is 0 Å². The Morgan fingerprint density at radius 1 is 0.380 bits per heavy atom. The van der Waals surface area contributed by atoms with E-state index >= 15 is 0 Å². The average molecular weight is 633 g/mol. The van der Waals surface area contributed by atoms with Crippen LogP contribution in [-0.2, 0) is 6.42 Å². The van der Waals surface area contributed by atoms with Gasteiger partial charge in [-0.25, -0.2) is 0 Å². The molecule has 0 amide bonds. The molecule has 0 nitrogen and oxygen atoms in total. The average Bonchev–Trinajstić information content (AvgIpc) is 3.19. The Labute approximate surface area is 291 Å². The maximum Gasteiger partial charge on any atom is -0.00206 e. The van der Waals surface area contributed by atoms with Gasteiger partial charge < -0.3 is 0 Å². The smallest absolute Gasteiger partial charge is 0.00206 e. The van der Waals surface area contributed by atoms with Crippen molar-refractivity contribution in [2.75, 3.05) is 0 Å². The van der Waals surface area contributed by atoms with Gasteiger partial charge in [-0.3, -0.25) is 0 Å². The first kappa shape index (κ1) is 27.7. The molecule has 0 radical (unpaired) electrons. The van der Waals surface area contributed by atoms with E-state index in [9.17, 15) is 0 Å². The summed E-state index contributed by atoms with van der Waals surface area (Å²) in [5, 5.41) is 10.7. The molecule has 2 aliphatic rings. The topological polar surface area (TPSA) is 0 Å². The first-order chi connectivity index (χ1) is 24.8. The van der Waals surface area contributed by atoms with Crippen molar-refractivity contribution in [1.29, 1.82) is 0 Å². The zero-order valence-corrected chi connectivity index (χ0v) is 27.6. The second-order valence-electron chi connectivity index (χ2n) is 13.9. The molecule has 0 N–H and O–H groups in total. The fraction of sp³-hybridized carbons (Fsp3) is 0.0400. The SMILES string of the molecule is C1=Cc2ccc3c(-c4cccc(-c5ccccc5-c5ccc(-c6ccc7ccc8cccc9ccc6c7c89)cc5)c4)ccc4c3c2C(=CC4)C1. The predicted molar refractivity (Wildman–Crippen MR) is 215 cm³/mol. The second kappa shape index (κ2) is 10.6. The number of hydrogen-bond acceptors (Lipinski definition) is 0. The Kier molecular flexibility index (Phi) is 5.89. The van der Waals surface area contributed by atoms with Crippen molar-refractivity contribution in [3.63, 3.8) is 0 Å². The molecule has 0 unspecified atom stereocenters. The minimum atomic E-state index is 1.01. The molecule has 9 aromatic carbocycles. The van der Waals surface area contributed by atoms with Crippen molar-refractivity contribution in [2.24, 2.45) is 0 Å². The van der Waals surface area contributed by atoms with Gasteiger partial charge >= 0.3 is 0 Å². The fourth-order valence-electron chi connectivity index (χ4n) is 8.93. The molecule has 2 aliphatic carbocycles. The zero-order chi connectivity index (χ0) is 32.8. The lowest BCUT2D eigenvalue weighted by Gasteiger charge is -2.24. The molecular weight excluding hydrogens is 601 g/mol. The molecule has 0 fully saturated rings. The Balaban J connectivity index is 0.994. The maximum atomic E-state index is 2.43. The molecule has 0 saturated heterocycles. The number of hydrogen-bond donors (Lipinski definition) is 0. The van der Waals surface area contributed by atoms with Crippen LogP contribution in [0, 0.1) is 0 Å². The molecule has 0 aromatic heterocycles. The Hall–Kier alpha value is -6.24. The summed E-state index contributed by atoms with van der Waals surface area (Å²) < 4.78 is 0. The summed E-state index contributed by atoms with van der Waals surface area (Å²) in [6.07, 6.45) is 9.07. The summed E-state index contributed by atoms with van der Waals surface area (Å²) >= 11 is 0. The van der Waals surface area contributed by atoms with Crippen LogP contribution < -0.4 is 0 Å². The minimum Gasteiger partial charge on any atom is -0.0795 e. The van der Waals surface area contributed by atoms with Crippen molar-refractivity contribution in [3.8, 4) is 44.5 Å². The van der Waals surface area contributed by atoms with Gasteiger partial charge in [-0.1, -0.05) is 164 Å². The lowest BCUT2D eigenvalue weighted by atomic mass is 9.80. The lowest BCUT2D eigenvalue weighted by molar-refractivity contribution is 1.23. The predicted octanol–water partition coefficient (Wildman–Crippen LogP) is 13.8. The van der Waals surface area contributed by atoms with Gasteiger partial charge in [0.1, 0.15) is 0 Å². The summed E-state index contributed by atoms with van der Waals surface area (Å²) in [5.74, 6) is 0. The summed E-state index contributed by atoms with van der Waals surface area (Å²) in [7, 11) is 0. The largest absolute Gasteiger partial charge is 0.0795 e. The van der Waals surface area contributed by atoms with Crippen LogP contribution in [0.15, 0.2) is 164 Å². The normalized spacial score (nSPS) is 13.5. The number of benzene rings is 9. The van der Waals surface area contributed by atoms with E-state index < -0.39 is 0 Å². The Morgan fingerprint density at radius 2 is 0.980 bits per heavy atom. The molecule has 0 atom stereocenters. The highest BCUT2D eigenvalue weighted by molar-refractivity contribution is 6.25. The molecule has 9 aromatic rings. The molecule has 0 heterocycles. The third kappa shape index (κ3) is 4.06. The third-order valence-corrected chi connectivity index (χ3v) is 11.3. The van der Waals surface area contributed by atoms with Gasteiger partial charge in [0, 0.05) is 0 Å². The molecule has 0 heteroatoms. The lowest BCUT2D eigenvalue weighted by Crippen LogP contribution is -2.03. The van der Waals surface area contributed by atoms with Crippen molar-refractivity contribution >= 4 is 54.7 Å². The second-order valence-corrected chi connectivity index (χ2v) is 13.9. The van der Waals surface area contributed by atoms with E-state index in [0.29, 0.717) is 0 Å². The van der Waals surface area contributed by atoms with E-state index in [1.54, 1.807) is 0 Å². The van der Waals surface area contributed by atoms with Crippen molar-refractivity contribution in [3.05, 3.63) is 181 Å². The van der Waals surface area contributed by atoms with Crippen molar-refractivity contribution in [1.82, 2.24) is 0 Å². The fourth-order valence-corrected chi connectivity index (χ4v) is 8.93. The maximum absolute atomic E-state index is 2.43. The molecule has 0 bridgehead atoms. The summed E-state index contributed by atoms with van der Waals surface area (Å²) in [6.45, 7) is 0.